The van der Waals surface area contributed by atoms with Crippen LogP contribution in [0.3, 0.4) is 0 Å². The van der Waals surface area contributed by atoms with Crippen LogP contribution in [0, 0.1) is 24.7 Å². The van der Waals surface area contributed by atoms with Gasteiger partial charge in [0.2, 0.25) is 5.91 Å². The molecule has 2 aliphatic heterocycles. The maximum absolute atomic E-state index is 12.6. The van der Waals surface area contributed by atoms with Crippen LogP contribution in [-0.4, -0.2) is 60.4 Å². The molecule has 0 bridgehead atoms. The Kier molecular flexibility index (Phi) is 15.1. The number of nitrogens with one attached hydrogen (secondary N) is 2. The molecule has 1 fully saturated rings. The first kappa shape index (κ1) is 35.4. The first-order chi connectivity index (χ1) is 20.0. The van der Waals surface area contributed by atoms with E-state index in [1.807, 2.05) is 30.2 Å². The van der Waals surface area contributed by atoms with Crippen LogP contribution in [0.2, 0.25) is 0 Å². The van der Waals surface area contributed by atoms with Gasteiger partial charge in [-0.3, -0.25) is 4.79 Å². The largest absolute Gasteiger partial charge is 0.385 e. The number of aryl methyl sites for hydroxylation is 1. The monoisotopic (exact) mass is 581 g/mol. The van der Waals surface area contributed by atoms with Crippen LogP contribution in [0.4, 0.5) is 5.82 Å². The molecule has 2 aliphatic rings. The van der Waals surface area contributed by atoms with E-state index in [2.05, 4.69) is 74.3 Å². The molecule has 8 heteroatoms. The smallest absolute Gasteiger partial charge is 0.227 e. The van der Waals surface area contributed by atoms with Crippen molar-refractivity contribution in [2.45, 2.75) is 92.7 Å². The highest BCUT2D eigenvalue weighted by Crippen LogP contribution is 2.27. The molecule has 3 heterocycles. The molecule has 2 aromatic rings. The predicted octanol–water partition coefficient (Wildman–Crippen LogP) is 5.93. The summed E-state index contributed by atoms with van der Waals surface area (Å²) in [5.74, 6) is 3.24. The van der Waals surface area contributed by atoms with Crippen molar-refractivity contribution < 1.29 is 14.3 Å². The Balaban J connectivity index is 0.000000256. The predicted molar refractivity (Wildman–Crippen MR) is 171 cm³/mol. The Labute approximate surface area is 254 Å². The molecule has 2 N–H and O–H groups in total. The fraction of sp³-hybridized carbons (Fsp3) is 0.647. The van der Waals surface area contributed by atoms with Gasteiger partial charge in [0, 0.05) is 63.5 Å². The van der Waals surface area contributed by atoms with Crippen molar-refractivity contribution in [3.05, 3.63) is 53.0 Å². The van der Waals surface area contributed by atoms with Gasteiger partial charge in [-0.05, 0) is 49.3 Å². The Bertz CT molecular complexity index is 1070. The van der Waals surface area contributed by atoms with Gasteiger partial charge in [-0.15, -0.1) is 0 Å². The highest BCUT2D eigenvalue weighted by Gasteiger charge is 2.32. The zero-order chi connectivity index (χ0) is 31.1. The minimum atomic E-state index is -0.0172. The molecule has 4 rings (SSSR count). The van der Waals surface area contributed by atoms with Gasteiger partial charge >= 0.3 is 0 Å². The Morgan fingerprint density at radius 3 is 2.38 bits per heavy atom. The number of anilines is 1. The van der Waals surface area contributed by atoms with Crippen molar-refractivity contribution in [1.29, 1.82) is 0 Å². The molecule has 1 amide bonds. The summed E-state index contributed by atoms with van der Waals surface area (Å²) in [7, 11) is 1.72. The fourth-order valence-electron chi connectivity index (χ4n) is 4.69. The van der Waals surface area contributed by atoms with E-state index >= 15 is 0 Å². The average molecular weight is 582 g/mol. The number of piperidine rings is 1. The third kappa shape index (κ3) is 11.8. The number of aldehydes is 1. The number of carbonyl (C=O) groups is 2. The van der Waals surface area contributed by atoms with Crippen LogP contribution >= 0.6 is 0 Å². The molecule has 0 radical (unpaired) electrons. The SMILES string of the molecule is CCC(C)C.COCCCNc1nc(C(C)(C)C)ncc1C.O=CCC1CNCC(C(=O)N2Cc3ccccc3C2)C1. The summed E-state index contributed by atoms with van der Waals surface area (Å²) >= 11 is 0. The molecule has 8 nitrogen and oxygen atoms in total. The lowest BCUT2D eigenvalue weighted by Crippen LogP contribution is -2.44. The molecule has 0 saturated carbocycles. The number of ether oxygens (including phenoxy) is 1. The Hall–Kier alpha value is -2.84. The summed E-state index contributed by atoms with van der Waals surface area (Å²) in [4.78, 5) is 34.1. The van der Waals surface area contributed by atoms with E-state index in [4.69, 9.17) is 4.74 Å². The zero-order valence-electron chi connectivity index (χ0n) is 27.3. The lowest BCUT2D eigenvalue weighted by atomic mass is 9.88. The van der Waals surface area contributed by atoms with Crippen molar-refractivity contribution in [1.82, 2.24) is 20.2 Å². The molecular formula is C34H55N5O3. The number of fused-ring (bicyclic) bond motifs is 1. The molecule has 2 atom stereocenters. The van der Waals surface area contributed by atoms with Gasteiger partial charge < -0.3 is 25.1 Å². The Morgan fingerprint density at radius 2 is 1.83 bits per heavy atom. The second kappa shape index (κ2) is 18.0. The summed E-state index contributed by atoms with van der Waals surface area (Å²) < 4.78 is 5.02. The van der Waals surface area contributed by atoms with Crippen LogP contribution in [0.25, 0.3) is 0 Å². The van der Waals surface area contributed by atoms with Gasteiger partial charge in [0.1, 0.15) is 17.9 Å². The lowest BCUT2D eigenvalue weighted by molar-refractivity contribution is -0.137. The lowest BCUT2D eigenvalue weighted by Gasteiger charge is -2.31. The topological polar surface area (TPSA) is 96.5 Å². The third-order valence-electron chi connectivity index (χ3n) is 7.65. The molecule has 0 spiro atoms. The Morgan fingerprint density at radius 1 is 1.19 bits per heavy atom. The average Bonchev–Trinajstić information content (AvgIpc) is 3.41. The van der Waals surface area contributed by atoms with Gasteiger partial charge in [0.05, 0.1) is 5.92 Å². The molecule has 2 unspecified atom stereocenters. The molecule has 0 aliphatic carbocycles. The third-order valence-corrected chi connectivity index (χ3v) is 7.65. The normalized spacial score (nSPS) is 17.9. The van der Waals surface area contributed by atoms with Crippen molar-refractivity contribution in [2.75, 3.05) is 38.7 Å². The number of hydrogen-bond donors (Lipinski definition) is 2. The summed E-state index contributed by atoms with van der Waals surface area (Å²) in [5, 5.41) is 6.62. The second-order valence-electron chi connectivity index (χ2n) is 12.9. The van der Waals surface area contributed by atoms with E-state index in [-0.39, 0.29) is 17.2 Å². The molecule has 1 aromatic carbocycles. The molecule has 1 aromatic heterocycles. The minimum Gasteiger partial charge on any atom is -0.385 e. The standard InChI is InChI=1S/C16H20N2O2.C13H23N3O.C5H12/c19-6-5-12-7-15(9-17-8-12)16(20)18-10-13-3-1-2-4-14(13)11-18;1-10-9-15-12(13(2,3)4)16-11(10)14-7-6-8-17-5;1-4-5(2)3/h1-4,6,12,15,17H,5,7-11H2;9H,6-8H2,1-5H3,(H,14,15,16);5H,4H2,1-3H3. The summed E-state index contributed by atoms with van der Waals surface area (Å²) in [5.41, 5.74) is 3.58. The maximum Gasteiger partial charge on any atom is 0.227 e. The minimum absolute atomic E-state index is 0.0167. The van der Waals surface area contributed by atoms with Crippen LogP contribution in [0.15, 0.2) is 30.5 Å². The molecule has 1 saturated heterocycles. The van der Waals surface area contributed by atoms with Crippen LogP contribution < -0.4 is 10.6 Å². The number of amides is 1. The van der Waals surface area contributed by atoms with E-state index in [9.17, 15) is 9.59 Å². The quantitative estimate of drug-likeness (QED) is 0.280. The highest BCUT2D eigenvalue weighted by molar-refractivity contribution is 5.80. The van der Waals surface area contributed by atoms with Gasteiger partial charge in [0.15, 0.2) is 0 Å². The van der Waals surface area contributed by atoms with E-state index in [0.717, 1.165) is 81.6 Å². The van der Waals surface area contributed by atoms with E-state index < -0.39 is 0 Å². The molecular weight excluding hydrogens is 526 g/mol. The summed E-state index contributed by atoms with van der Waals surface area (Å²) in [6.45, 7) is 19.7. The molecule has 42 heavy (non-hydrogen) atoms. The number of nitrogens with zero attached hydrogens (tertiary/aromatic N) is 3. The number of aromatic nitrogens is 2. The summed E-state index contributed by atoms with van der Waals surface area (Å²) in [6, 6.07) is 8.23. The number of methoxy groups -OCH3 is 1. The van der Waals surface area contributed by atoms with Gasteiger partial charge in [0.25, 0.3) is 0 Å². The van der Waals surface area contributed by atoms with E-state index in [0.29, 0.717) is 12.3 Å². The first-order valence-corrected chi connectivity index (χ1v) is 15.6. The first-order valence-electron chi connectivity index (χ1n) is 15.6. The van der Waals surface area contributed by atoms with Crippen molar-refractivity contribution in [3.8, 4) is 0 Å². The number of hydrogen-bond acceptors (Lipinski definition) is 7. The zero-order valence-corrected chi connectivity index (χ0v) is 27.3. The second-order valence-corrected chi connectivity index (χ2v) is 12.9. The van der Waals surface area contributed by atoms with Gasteiger partial charge in [-0.2, -0.15) is 0 Å². The van der Waals surface area contributed by atoms with Gasteiger partial charge in [-0.25, -0.2) is 9.97 Å². The molecule has 234 valence electrons. The number of rotatable bonds is 9. The van der Waals surface area contributed by atoms with Crippen LogP contribution in [-0.2, 0) is 32.8 Å². The summed E-state index contributed by atoms with van der Waals surface area (Å²) in [6.07, 6.45) is 6.51. The van der Waals surface area contributed by atoms with Gasteiger partial charge in [-0.1, -0.05) is 72.2 Å². The van der Waals surface area contributed by atoms with E-state index in [1.165, 1.54) is 17.5 Å². The van der Waals surface area contributed by atoms with Crippen molar-refractivity contribution >= 4 is 18.0 Å². The van der Waals surface area contributed by atoms with E-state index in [1.54, 1.807) is 7.11 Å². The van der Waals surface area contributed by atoms with Crippen molar-refractivity contribution in [2.24, 2.45) is 17.8 Å². The fourth-order valence-corrected chi connectivity index (χ4v) is 4.69. The maximum atomic E-state index is 12.6. The highest BCUT2D eigenvalue weighted by atomic mass is 16.5. The van der Waals surface area contributed by atoms with Crippen molar-refractivity contribution in [3.63, 3.8) is 0 Å². The number of carbonyl (C=O) groups excluding carboxylic acids is 2. The number of benzene rings is 1. The van der Waals surface area contributed by atoms with Crippen LogP contribution in [0.1, 0.15) is 89.7 Å². The van der Waals surface area contributed by atoms with Crippen LogP contribution in [0.5, 0.6) is 0 Å².